The second-order valence-corrected chi connectivity index (χ2v) is 0.974. The molecule has 0 fully saturated rings. The van der Waals surface area contributed by atoms with Crippen molar-refractivity contribution in [2.24, 2.45) is 0 Å². The van der Waals surface area contributed by atoms with Gasteiger partial charge in [0.15, 0.2) is 0 Å². The first-order valence-electron chi connectivity index (χ1n) is 1.67. The first-order chi connectivity index (χ1) is 2.27. The van der Waals surface area contributed by atoms with Crippen LogP contribution in [0.1, 0.15) is 14.4 Å². The van der Waals surface area contributed by atoms with Crippen LogP contribution in [-0.2, 0) is 0 Å². The van der Waals surface area contributed by atoms with Gasteiger partial charge in [0.25, 0.3) is 0 Å². The lowest BCUT2D eigenvalue weighted by Gasteiger charge is -1.98. The van der Waals surface area contributed by atoms with Crippen LogP contribution in [0.4, 0.5) is 0 Å². The Morgan fingerprint density at radius 1 is 1.67 bits per heavy atom. The highest BCUT2D eigenvalue weighted by Crippen LogP contribution is 1.62. The van der Waals surface area contributed by atoms with Gasteiger partial charge < -0.3 is 5.21 Å². The topological polar surface area (TPSA) is 23.5 Å². The monoisotopic (exact) mass is 91.1 g/mol. The molecule has 2 nitrogen and oxygen atoms in total. The van der Waals surface area contributed by atoms with Gasteiger partial charge in [0.1, 0.15) is 0 Å². The molecular formula is C4H13NO. The summed E-state index contributed by atoms with van der Waals surface area (Å²) < 4.78 is 0. The lowest BCUT2D eigenvalue weighted by molar-refractivity contribution is -0.0596. The Hall–Kier alpha value is -0.0800. The van der Waals surface area contributed by atoms with Crippen LogP contribution in [0.5, 0.6) is 0 Å². The van der Waals surface area contributed by atoms with Crippen molar-refractivity contribution in [1.29, 1.82) is 0 Å². The Bertz CT molecular complexity index is 21.5. The average molecular weight is 91.2 g/mol. The summed E-state index contributed by atoms with van der Waals surface area (Å²) in [5, 5.41) is 9.32. The van der Waals surface area contributed by atoms with Crippen molar-refractivity contribution in [3.05, 3.63) is 0 Å². The maximum atomic E-state index is 8.19. The number of nitrogens with zero attached hydrogens (tertiary/aromatic N) is 1. The summed E-state index contributed by atoms with van der Waals surface area (Å²) in [7, 11) is 1.61. The predicted octanol–water partition coefficient (Wildman–Crippen LogP) is 0.963. The van der Waals surface area contributed by atoms with Crippen LogP contribution in [0.15, 0.2) is 0 Å². The largest absolute Gasteiger partial charge is 0.314 e. The molecule has 0 aliphatic carbocycles. The summed E-state index contributed by atoms with van der Waals surface area (Å²) in [6.07, 6.45) is 0. The van der Waals surface area contributed by atoms with Crippen molar-refractivity contribution in [3.8, 4) is 0 Å². The van der Waals surface area contributed by atoms with Crippen molar-refractivity contribution in [3.63, 3.8) is 0 Å². The van der Waals surface area contributed by atoms with E-state index in [4.69, 9.17) is 5.21 Å². The Kier molecular flexibility index (Phi) is 7.65. The molecule has 0 saturated heterocycles. The molecule has 2 heteroatoms. The fraction of sp³-hybridized carbons (Fsp3) is 1.00. The molecule has 0 aromatic carbocycles. The van der Waals surface area contributed by atoms with E-state index in [1.54, 1.807) is 7.05 Å². The van der Waals surface area contributed by atoms with Gasteiger partial charge in [0.05, 0.1) is 0 Å². The number of hydrogen-bond donors (Lipinski definition) is 1. The minimum Gasteiger partial charge on any atom is -0.314 e. The van der Waals surface area contributed by atoms with Gasteiger partial charge >= 0.3 is 0 Å². The van der Waals surface area contributed by atoms with Crippen molar-refractivity contribution in [2.45, 2.75) is 14.4 Å². The predicted molar refractivity (Wildman–Crippen MR) is 26.8 cm³/mol. The number of hydrogen-bond acceptors (Lipinski definition) is 2. The van der Waals surface area contributed by atoms with Crippen molar-refractivity contribution in [1.82, 2.24) is 5.06 Å². The molecule has 0 radical (unpaired) electrons. The van der Waals surface area contributed by atoms with Gasteiger partial charge in [-0.3, -0.25) is 0 Å². The Labute approximate surface area is 39.3 Å². The molecular weight excluding hydrogens is 78.0 g/mol. The quantitative estimate of drug-likeness (QED) is 0.486. The molecule has 0 atom stereocenters. The van der Waals surface area contributed by atoms with Crippen LogP contribution in [0.3, 0.4) is 0 Å². The highest BCUT2D eigenvalue weighted by atomic mass is 16.5. The van der Waals surface area contributed by atoms with E-state index in [2.05, 4.69) is 0 Å². The molecule has 6 heavy (non-hydrogen) atoms. The minimum absolute atomic E-state index is 0. The maximum Gasteiger partial charge on any atom is 0.0206 e. The molecule has 0 bridgehead atoms. The molecule has 0 aliphatic rings. The summed E-state index contributed by atoms with van der Waals surface area (Å²) in [4.78, 5) is 0. The average Bonchev–Trinajstić information content (AvgIpc) is 1.38. The van der Waals surface area contributed by atoms with Gasteiger partial charge in [0, 0.05) is 13.6 Å². The molecule has 0 spiro atoms. The van der Waals surface area contributed by atoms with E-state index in [1.807, 2.05) is 6.92 Å². The molecule has 0 unspecified atom stereocenters. The van der Waals surface area contributed by atoms with E-state index in [9.17, 15) is 0 Å². The zero-order valence-corrected chi connectivity index (χ0v) is 3.60. The van der Waals surface area contributed by atoms with Crippen LogP contribution in [0, 0.1) is 0 Å². The molecule has 0 saturated carbocycles. The highest BCUT2D eigenvalue weighted by molar-refractivity contribution is 4.14. The lowest BCUT2D eigenvalue weighted by Crippen LogP contribution is -2.09. The maximum absolute atomic E-state index is 8.19. The fourth-order valence-electron chi connectivity index (χ4n) is 0. The molecule has 0 rings (SSSR count). The standard InChI is InChI=1S/C3H9NO.CH4/c1-3-4(2)5;/h5H,3H2,1-2H3;1H4. The van der Waals surface area contributed by atoms with Crippen LogP contribution >= 0.6 is 0 Å². The minimum atomic E-state index is 0. The lowest BCUT2D eigenvalue weighted by atomic mass is 10.8. The third-order valence-corrected chi connectivity index (χ3v) is 0.458. The van der Waals surface area contributed by atoms with E-state index in [0.717, 1.165) is 5.06 Å². The summed E-state index contributed by atoms with van der Waals surface area (Å²) in [6, 6.07) is 0. The van der Waals surface area contributed by atoms with Crippen molar-refractivity contribution < 1.29 is 5.21 Å². The van der Waals surface area contributed by atoms with Gasteiger partial charge in [-0.2, -0.15) is 5.06 Å². The highest BCUT2D eigenvalue weighted by Gasteiger charge is 1.74. The van der Waals surface area contributed by atoms with Crippen LogP contribution in [0.2, 0.25) is 0 Å². The second-order valence-electron chi connectivity index (χ2n) is 0.974. The summed E-state index contributed by atoms with van der Waals surface area (Å²) >= 11 is 0. The molecule has 0 aromatic heterocycles. The molecule has 0 amide bonds. The molecule has 1 N–H and O–H groups in total. The Balaban J connectivity index is 0. The van der Waals surface area contributed by atoms with Gasteiger partial charge in [-0.15, -0.1) is 0 Å². The summed E-state index contributed by atoms with van der Waals surface area (Å²) in [6.45, 7) is 2.57. The van der Waals surface area contributed by atoms with Gasteiger partial charge in [-0.25, -0.2) is 0 Å². The number of hydroxylamine groups is 2. The van der Waals surface area contributed by atoms with Crippen molar-refractivity contribution >= 4 is 0 Å². The third kappa shape index (κ3) is 9.07. The first-order valence-corrected chi connectivity index (χ1v) is 1.67. The van der Waals surface area contributed by atoms with Crippen LogP contribution in [0.25, 0.3) is 0 Å². The van der Waals surface area contributed by atoms with E-state index in [-0.39, 0.29) is 7.43 Å². The molecule has 0 aliphatic heterocycles. The first kappa shape index (κ1) is 9.33. The van der Waals surface area contributed by atoms with Gasteiger partial charge in [-0.1, -0.05) is 14.4 Å². The fourth-order valence-corrected chi connectivity index (χ4v) is 0. The summed E-state index contributed by atoms with van der Waals surface area (Å²) in [5.41, 5.74) is 0. The zero-order valence-electron chi connectivity index (χ0n) is 3.60. The third-order valence-electron chi connectivity index (χ3n) is 0.458. The van der Waals surface area contributed by atoms with Crippen LogP contribution < -0.4 is 0 Å². The SMILES string of the molecule is C.CCN(C)O. The molecule has 40 valence electrons. The van der Waals surface area contributed by atoms with Gasteiger partial charge in [-0.05, 0) is 0 Å². The molecule has 0 aromatic rings. The summed E-state index contributed by atoms with van der Waals surface area (Å²) in [5.74, 6) is 0. The van der Waals surface area contributed by atoms with E-state index >= 15 is 0 Å². The van der Waals surface area contributed by atoms with E-state index in [0.29, 0.717) is 6.54 Å². The smallest absolute Gasteiger partial charge is 0.0206 e. The van der Waals surface area contributed by atoms with Gasteiger partial charge in [0.2, 0.25) is 0 Å². The van der Waals surface area contributed by atoms with E-state index < -0.39 is 0 Å². The van der Waals surface area contributed by atoms with E-state index in [1.165, 1.54) is 0 Å². The van der Waals surface area contributed by atoms with Crippen LogP contribution in [-0.4, -0.2) is 23.9 Å². The Morgan fingerprint density at radius 2 is 1.83 bits per heavy atom. The molecule has 0 heterocycles. The second kappa shape index (κ2) is 4.92. The Morgan fingerprint density at radius 3 is 1.83 bits per heavy atom. The zero-order chi connectivity index (χ0) is 4.28. The van der Waals surface area contributed by atoms with Crippen molar-refractivity contribution in [2.75, 3.05) is 13.6 Å². The number of rotatable bonds is 1. The normalized spacial score (nSPS) is 8.00.